The molecule has 1 atom stereocenters. The molecule has 0 aliphatic carbocycles. The lowest BCUT2D eigenvalue weighted by atomic mass is 9.99. The zero-order valence-electron chi connectivity index (χ0n) is 15.7. The third-order valence-electron chi connectivity index (χ3n) is 5.33. The first-order chi connectivity index (χ1) is 13.1. The molecule has 0 N–H and O–H groups in total. The van der Waals surface area contributed by atoms with Crippen molar-refractivity contribution in [3.05, 3.63) is 58.7 Å². The lowest BCUT2D eigenvalue weighted by Gasteiger charge is -2.29. The van der Waals surface area contributed by atoms with Gasteiger partial charge in [0.1, 0.15) is 13.2 Å². The second-order valence-electron chi connectivity index (χ2n) is 7.11. The summed E-state index contributed by atoms with van der Waals surface area (Å²) in [7, 11) is 0. The fraction of sp³-hybridized carbons (Fsp3) is 0.364. The van der Waals surface area contributed by atoms with E-state index in [1.165, 1.54) is 6.92 Å². The molecule has 4 rings (SSSR count). The Hall–Kier alpha value is -2.82. The predicted molar refractivity (Wildman–Crippen MR) is 102 cm³/mol. The van der Waals surface area contributed by atoms with E-state index >= 15 is 0 Å². The highest BCUT2D eigenvalue weighted by Gasteiger charge is 2.34. The van der Waals surface area contributed by atoms with Crippen LogP contribution in [0.3, 0.4) is 0 Å². The zero-order chi connectivity index (χ0) is 19.0. The number of aryl methyl sites for hydroxylation is 1. The second-order valence-corrected chi connectivity index (χ2v) is 7.11. The molecule has 1 amide bonds. The number of hydrogen-bond donors (Lipinski definition) is 0. The van der Waals surface area contributed by atoms with Gasteiger partial charge in [-0.15, -0.1) is 0 Å². The summed E-state index contributed by atoms with van der Waals surface area (Å²) in [5, 5.41) is 0. The number of hydrogen-bond acceptors (Lipinski definition) is 4. The molecule has 5 nitrogen and oxygen atoms in total. The van der Waals surface area contributed by atoms with E-state index in [1.807, 2.05) is 36.1 Å². The zero-order valence-corrected chi connectivity index (χ0v) is 15.7. The Morgan fingerprint density at radius 3 is 2.74 bits per heavy atom. The minimum absolute atomic E-state index is 0.0252. The molecule has 0 bridgehead atoms. The van der Waals surface area contributed by atoms with Crippen LogP contribution in [0.2, 0.25) is 0 Å². The minimum atomic E-state index is -0.0469. The van der Waals surface area contributed by atoms with Crippen molar-refractivity contribution in [2.45, 2.75) is 32.7 Å². The Bertz CT molecular complexity index is 905. The molecule has 2 aromatic carbocycles. The molecular formula is C22H23NO4. The summed E-state index contributed by atoms with van der Waals surface area (Å²) < 4.78 is 11.6. The van der Waals surface area contributed by atoms with Gasteiger partial charge in [0.05, 0.1) is 6.04 Å². The smallest absolute Gasteiger partial charge is 0.254 e. The number of amides is 1. The Labute approximate surface area is 158 Å². The standard InChI is InChI=1S/C22H23NO4/c1-14-8-9-16(13-18(14)15(2)24)22(25)23-10-4-6-19(23)17-5-3-7-20-21(17)27-12-11-26-20/h3,5,7-9,13,19H,4,6,10-12H2,1-2H3. The number of para-hydroxylation sites is 1. The van der Waals surface area contributed by atoms with Gasteiger partial charge in [-0.25, -0.2) is 0 Å². The summed E-state index contributed by atoms with van der Waals surface area (Å²) in [6.07, 6.45) is 1.82. The maximum absolute atomic E-state index is 13.2. The van der Waals surface area contributed by atoms with E-state index in [9.17, 15) is 9.59 Å². The highest BCUT2D eigenvalue weighted by atomic mass is 16.6. The van der Waals surface area contributed by atoms with E-state index in [-0.39, 0.29) is 17.7 Å². The monoisotopic (exact) mass is 365 g/mol. The minimum Gasteiger partial charge on any atom is -0.486 e. The average molecular weight is 365 g/mol. The van der Waals surface area contributed by atoms with Gasteiger partial charge in [-0.3, -0.25) is 9.59 Å². The molecule has 5 heteroatoms. The molecule has 0 radical (unpaired) electrons. The van der Waals surface area contributed by atoms with Gasteiger partial charge in [0.25, 0.3) is 5.91 Å². The van der Waals surface area contributed by atoms with E-state index in [0.29, 0.717) is 30.9 Å². The molecule has 2 aliphatic rings. The van der Waals surface area contributed by atoms with E-state index in [4.69, 9.17) is 9.47 Å². The van der Waals surface area contributed by atoms with Crippen molar-refractivity contribution in [3.63, 3.8) is 0 Å². The molecule has 0 aromatic heterocycles. The number of ketones is 1. The number of carbonyl (C=O) groups is 2. The Kier molecular flexibility index (Phi) is 4.60. The number of ether oxygens (including phenoxy) is 2. The van der Waals surface area contributed by atoms with Gasteiger partial charge in [-0.05, 0) is 50.5 Å². The Morgan fingerprint density at radius 1 is 1.11 bits per heavy atom. The molecule has 1 saturated heterocycles. The summed E-state index contributed by atoms with van der Waals surface area (Å²) >= 11 is 0. The number of benzene rings is 2. The summed E-state index contributed by atoms with van der Waals surface area (Å²) in [4.78, 5) is 27.0. The van der Waals surface area contributed by atoms with Crippen LogP contribution in [0.5, 0.6) is 11.5 Å². The van der Waals surface area contributed by atoms with Gasteiger partial charge in [0.15, 0.2) is 17.3 Å². The Balaban J connectivity index is 1.67. The van der Waals surface area contributed by atoms with Crippen molar-refractivity contribution in [1.29, 1.82) is 0 Å². The number of fused-ring (bicyclic) bond motifs is 1. The molecule has 2 aliphatic heterocycles. The fourth-order valence-electron chi connectivity index (χ4n) is 3.99. The van der Waals surface area contributed by atoms with Crippen LogP contribution in [0.15, 0.2) is 36.4 Å². The normalized spacial score (nSPS) is 18.4. The van der Waals surface area contributed by atoms with Crippen molar-refractivity contribution in [2.24, 2.45) is 0 Å². The van der Waals surface area contributed by atoms with Crippen LogP contribution < -0.4 is 9.47 Å². The van der Waals surface area contributed by atoms with Gasteiger partial charge in [-0.2, -0.15) is 0 Å². The quantitative estimate of drug-likeness (QED) is 0.773. The van der Waals surface area contributed by atoms with Crippen molar-refractivity contribution < 1.29 is 19.1 Å². The van der Waals surface area contributed by atoms with Gasteiger partial charge < -0.3 is 14.4 Å². The van der Waals surface area contributed by atoms with Gasteiger partial charge in [0.2, 0.25) is 0 Å². The van der Waals surface area contributed by atoms with E-state index in [2.05, 4.69) is 0 Å². The second kappa shape index (κ2) is 7.06. The van der Waals surface area contributed by atoms with Crippen molar-refractivity contribution in [1.82, 2.24) is 4.90 Å². The van der Waals surface area contributed by atoms with E-state index in [1.54, 1.807) is 12.1 Å². The SMILES string of the molecule is CC(=O)c1cc(C(=O)N2CCCC2c2cccc3c2OCCO3)ccc1C. The first-order valence-electron chi connectivity index (χ1n) is 9.37. The summed E-state index contributed by atoms with van der Waals surface area (Å²) in [6.45, 7) is 5.17. The third kappa shape index (κ3) is 3.18. The van der Waals surface area contributed by atoms with Crippen LogP contribution in [0, 0.1) is 6.92 Å². The molecule has 2 heterocycles. The van der Waals surface area contributed by atoms with Crippen LogP contribution in [0.25, 0.3) is 0 Å². The molecule has 2 aromatic rings. The highest BCUT2D eigenvalue weighted by Crippen LogP contribution is 2.43. The van der Waals surface area contributed by atoms with Crippen LogP contribution in [-0.2, 0) is 0 Å². The molecule has 27 heavy (non-hydrogen) atoms. The molecule has 0 spiro atoms. The van der Waals surface area contributed by atoms with Crippen molar-refractivity contribution >= 4 is 11.7 Å². The molecule has 1 fully saturated rings. The number of likely N-dealkylation sites (tertiary alicyclic amines) is 1. The first-order valence-corrected chi connectivity index (χ1v) is 9.37. The molecule has 1 unspecified atom stereocenters. The van der Waals surface area contributed by atoms with Gasteiger partial charge in [-0.1, -0.05) is 18.2 Å². The first kappa shape index (κ1) is 17.6. The highest BCUT2D eigenvalue weighted by molar-refractivity contribution is 6.00. The van der Waals surface area contributed by atoms with Crippen molar-refractivity contribution in [3.8, 4) is 11.5 Å². The number of Topliss-reactive ketones (excluding diaryl/α,β-unsaturated/α-hetero) is 1. The Morgan fingerprint density at radius 2 is 1.93 bits per heavy atom. The van der Waals surface area contributed by atoms with Gasteiger partial charge >= 0.3 is 0 Å². The lowest BCUT2D eigenvalue weighted by Crippen LogP contribution is -2.31. The maximum Gasteiger partial charge on any atom is 0.254 e. The number of rotatable bonds is 3. The number of nitrogens with zero attached hydrogens (tertiary/aromatic N) is 1. The summed E-state index contributed by atoms with van der Waals surface area (Å²) in [5.74, 6) is 1.42. The van der Waals surface area contributed by atoms with Crippen LogP contribution in [-0.4, -0.2) is 36.3 Å². The van der Waals surface area contributed by atoms with Gasteiger partial charge in [0, 0.05) is 23.2 Å². The van der Waals surface area contributed by atoms with Crippen LogP contribution >= 0.6 is 0 Å². The number of carbonyl (C=O) groups excluding carboxylic acids is 2. The van der Waals surface area contributed by atoms with Crippen molar-refractivity contribution in [2.75, 3.05) is 19.8 Å². The van der Waals surface area contributed by atoms with Crippen LogP contribution in [0.1, 0.15) is 57.7 Å². The maximum atomic E-state index is 13.2. The van der Waals surface area contributed by atoms with E-state index < -0.39 is 0 Å². The van der Waals surface area contributed by atoms with E-state index in [0.717, 1.165) is 35.5 Å². The third-order valence-corrected chi connectivity index (χ3v) is 5.33. The van der Waals surface area contributed by atoms with Crippen LogP contribution in [0.4, 0.5) is 0 Å². The summed E-state index contributed by atoms with van der Waals surface area (Å²) in [6, 6.07) is 11.2. The topological polar surface area (TPSA) is 55.8 Å². The predicted octanol–water partition coefficient (Wildman–Crippen LogP) is 3.95. The summed E-state index contributed by atoms with van der Waals surface area (Å²) in [5.41, 5.74) is 3.04. The fourth-order valence-corrected chi connectivity index (χ4v) is 3.99. The molecular weight excluding hydrogens is 342 g/mol. The molecule has 0 saturated carbocycles. The largest absolute Gasteiger partial charge is 0.486 e. The average Bonchev–Trinajstić information content (AvgIpc) is 3.16. The molecule has 140 valence electrons. The lowest BCUT2D eigenvalue weighted by molar-refractivity contribution is 0.0731.